The number of halogens is 1. The maximum absolute atomic E-state index is 11.7. The topological polar surface area (TPSA) is 20.3 Å². The van der Waals surface area contributed by atoms with Gasteiger partial charge in [0.1, 0.15) is 0 Å². The van der Waals surface area contributed by atoms with E-state index in [1.165, 1.54) is 5.56 Å². The molecule has 1 amide bonds. The van der Waals surface area contributed by atoms with E-state index in [4.69, 9.17) is 0 Å². The summed E-state index contributed by atoms with van der Waals surface area (Å²) in [5.74, 6) is 0.307. The average Bonchev–Trinajstić information content (AvgIpc) is 2.14. The highest BCUT2D eigenvalue weighted by Crippen LogP contribution is 2.31. The van der Waals surface area contributed by atoms with Gasteiger partial charge in [0.15, 0.2) is 0 Å². The number of carbonyl (C=O) groups is 1. The van der Waals surface area contributed by atoms with Gasteiger partial charge in [-0.3, -0.25) is 4.79 Å². The number of anilines is 1. The van der Waals surface area contributed by atoms with Gasteiger partial charge in [0.05, 0.1) is 0 Å². The Hall–Kier alpha value is -0.830. The molecule has 2 nitrogen and oxygen atoms in total. The first kappa shape index (κ1) is 9.71. The molecular formula is C11H12BrNO. The Bertz CT molecular complexity index is 389. The van der Waals surface area contributed by atoms with Crippen LogP contribution in [0.1, 0.15) is 12.5 Å². The highest BCUT2D eigenvalue weighted by atomic mass is 79.9. The summed E-state index contributed by atoms with van der Waals surface area (Å²) in [4.78, 5) is 13.4. The van der Waals surface area contributed by atoms with Crippen LogP contribution >= 0.6 is 15.9 Å². The number of rotatable bonds is 0. The second kappa shape index (κ2) is 3.39. The molecule has 0 aliphatic carbocycles. The minimum Gasteiger partial charge on any atom is -0.315 e. The molecule has 0 fully saturated rings. The maximum Gasteiger partial charge on any atom is 0.229 e. The standard InChI is InChI=1S/C11H12BrNO/c1-7-5-8-6-9(12)3-4-10(8)13(2)11(7)14/h3-4,6-7H,5H2,1-2H3. The van der Waals surface area contributed by atoms with E-state index in [-0.39, 0.29) is 11.8 Å². The van der Waals surface area contributed by atoms with E-state index in [2.05, 4.69) is 22.0 Å². The summed E-state index contributed by atoms with van der Waals surface area (Å²) < 4.78 is 1.08. The number of nitrogens with zero attached hydrogens (tertiary/aromatic N) is 1. The summed E-state index contributed by atoms with van der Waals surface area (Å²) in [6, 6.07) is 6.05. The van der Waals surface area contributed by atoms with E-state index < -0.39 is 0 Å². The summed E-state index contributed by atoms with van der Waals surface area (Å²) in [7, 11) is 1.84. The van der Waals surface area contributed by atoms with Crippen molar-refractivity contribution in [2.75, 3.05) is 11.9 Å². The molecule has 0 saturated heterocycles. The van der Waals surface area contributed by atoms with Crippen LogP contribution in [-0.4, -0.2) is 13.0 Å². The Labute approximate surface area is 92.0 Å². The van der Waals surface area contributed by atoms with Gasteiger partial charge < -0.3 is 4.90 Å². The molecule has 2 rings (SSSR count). The van der Waals surface area contributed by atoms with Gasteiger partial charge in [-0.1, -0.05) is 22.9 Å². The van der Waals surface area contributed by atoms with Crippen LogP contribution in [0.4, 0.5) is 5.69 Å². The molecule has 1 atom stereocenters. The summed E-state index contributed by atoms with van der Waals surface area (Å²) in [6.07, 6.45) is 0.845. The lowest BCUT2D eigenvalue weighted by Crippen LogP contribution is -2.37. The zero-order chi connectivity index (χ0) is 10.3. The predicted octanol–water partition coefficient (Wildman–Crippen LogP) is 2.60. The third-order valence-electron chi connectivity index (χ3n) is 2.68. The molecule has 0 aromatic heterocycles. The van der Waals surface area contributed by atoms with Crippen molar-refractivity contribution >= 4 is 27.5 Å². The quantitative estimate of drug-likeness (QED) is 0.696. The fourth-order valence-corrected chi connectivity index (χ4v) is 2.32. The van der Waals surface area contributed by atoms with Crippen molar-refractivity contribution < 1.29 is 4.79 Å². The van der Waals surface area contributed by atoms with E-state index in [0.29, 0.717) is 0 Å². The molecule has 0 radical (unpaired) electrons. The molecule has 0 spiro atoms. The van der Waals surface area contributed by atoms with Gasteiger partial charge in [0, 0.05) is 23.1 Å². The number of hydrogen-bond donors (Lipinski definition) is 0. The molecule has 0 saturated carbocycles. The Morgan fingerprint density at radius 1 is 1.50 bits per heavy atom. The SMILES string of the molecule is CC1Cc2cc(Br)ccc2N(C)C1=O. The Morgan fingerprint density at radius 2 is 2.21 bits per heavy atom. The molecule has 14 heavy (non-hydrogen) atoms. The summed E-state index contributed by atoms with van der Waals surface area (Å²) in [5, 5.41) is 0. The zero-order valence-corrected chi connectivity index (χ0v) is 9.84. The van der Waals surface area contributed by atoms with Crippen LogP contribution in [0.3, 0.4) is 0 Å². The first-order valence-corrected chi connectivity index (χ1v) is 5.45. The molecule has 3 heteroatoms. The summed E-state index contributed by atoms with van der Waals surface area (Å²) in [6.45, 7) is 1.97. The van der Waals surface area contributed by atoms with Crippen LogP contribution in [-0.2, 0) is 11.2 Å². The number of carbonyl (C=O) groups excluding carboxylic acids is 1. The summed E-state index contributed by atoms with van der Waals surface area (Å²) >= 11 is 3.44. The van der Waals surface area contributed by atoms with Crippen molar-refractivity contribution in [2.45, 2.75) is 13.3 Å². The normalized spacial score (nSPS) is 20.9. The van der Waals surface area contributed by atoms with Crippen molar-refractivity contribution in [2.24, 2.45) is 5.92 Å². The number of amides is 1. The van der Waals surface area contributed by atoms with E-state index in [1.807, 2.05) is 26.1 Å². The van der Waals surface area contributed by atoms with Gasteiger partial charge >= 0.3 is 0 Å². The lowest BCUT2D eigenvalue weighted by Gasteiger charge is -2.29. The Morgan fingerprint density at radius 3 is 2.93 bits per heavy atom. The van der Waals surface area contributed by atoms with Crippen LogP contribution < -0.4 is 4.90 Å². The highest BCUT2D eigenvalue weighted by molar-refractivity contribution is 9.10. The minimum atomic E-state index is 0.0989. The van der Waals surface area contributed by atoms with Crippen LogP contribution in [0.5, 0.6) is 0 Å². The van der Waals surface area contributed by atoms with Crippen molar-refractivity contribution in [3.63, 3.8) is 0 Å². The second-order valence-corrected chi connectivity index (χ2v) is 4.69. The van der Waals surface area contributed by atoms with Crippen molar-refractivity contribution in [1.82, 2.24) is 0 Å². The van der Waals surface area contributed by atoms with E-state index in [9.17, 15) is 4.79 Å². The highest BCUT2D eigenvalue weighted by Gasteiger charge is 2.26. The Balaban J connectivity index is 2.50. The molecule has 1 aromatic carbocycles. The number of fused-ring (bicyclic) bond motifs is 1. The van der Waals surface area contributed by atoms with Crippen molar-refractivity contribution in [3.8, 4) is 0 Å². The zero-order valence-electron chi connectivity index (χ0n) is 8.25. The molecule has 0 bridgehead atoms. The molecule has 1 aliphatic heterocycles. The first-order valence-electron chi connectivity index (χ1n) is 4.65. The van der Waals surface area contributed by atoms with Crippen LogP contribution in [0.25, 0.3) is 0 Å². The average molecular weight is 254 g/mol. The largest absolute Gasteiger partial charge is 0.315 e. The molecule has 0 N–H and O–H groups in total. The second-order valence-electron chi connectivity index (χ2n) is 3.78. The van der Waals surface area contributed by atoms with E-state index >= 15 is 0 Å². The maximum atomic E-state index is 11.7. The van der Waals surface area contributed by atoms with Gasteiger partial charge in [-0.2, -0.15) is 0 Å². The predicted molar refractivity (Wildman–Crippen MR) is 60.4 cm³/mol. The van der Waals surface area contributed by atoms with Gasteiger partial charge in [-0.15, -0.1) is 0 Å². The lowest BCUT2D eigenvalue weighted by molar-refractivity contribution is -0.121. The van der Waals surface area contributed by atoms with Crippen LogP contribution in [0.2, 0.25) is 0 Å². The molecule has 1 aromatic rings. The van der Waals surface area contributed by atoms with E-state index in [1.54, 1.807) is 4.90 Å². The monoisotopic (exact) mass is 253 g/mol. The van der Waals surface area contributed by atoms with Crippen molar-refractivity contribution in [3.05, 3.63) is 28.2 Å². The van der Waals surface area contributed by atoms with Crippen LogP contribution in [0.15, 0.2) is 22.7 Å². The molecule has 1 unspecified atom stereocenters. The molecule has 1 aliphatic rings. The minimum absolute atomic E-state index is 0.0989. The first-order chi connectivity index (χ1) is 6.59. The summed E-state index contributed by atoms with van der Waals surface area (Å²) in [5.41, 5.74) is 2.28. The number of benzene rings is 1. The fourth-order valence-electron chi connectivity index (χ4n) is 1.91. The molecule has 1 heterocycles. The van der Waals surface area contributed by atoms with Gasteiger partial charge in [0.2, 0.25) is 5.91 Å². The Kier molecular flexibility index (Phi) is 2.35. The lowest BCUT2D eigenvalue weighted by atomic mass is 9.94. The third-order valence-corrected chi connectivity index (χ3v) is 3.17. The fraction of sp³-hybridized carbons (Fsp3) is 0.364. The molecular weight excluding hydrogens is 242 g/mol. The van der Waals surface area contributed by atoms with Crippen LogP contribution in [0, 0.1) is 5.92 Å². The number of hydrogen-bond acceptors (Lipinski definition) is 1. The van der Waals surface area contributed by atoms with E-state index in [0.717, 1.165) is 16.6 Å². The molecule has 74 valence electrons. The van der Waals surface area contributed by atoms with Crippen molar-refractivity contribution in [1.29, 1.82) is 0 Å². The smallest absolute Gasteiger partial charge is 0.229 e. The van der Waals surface area contributed by atoms with Gasteiger partial charge in [-0.25, -0.2) is 0 Å². The van der Waals surface area contributed by atoms with Gasteiger partial charge in [-0.05, 0) is 30.2 Å². The van der Waals surface area contributed by atoms with Gasteiger partial charge in [0.25, 0.3) is 0 Å². The third kappa shape index (κ3) is 1.46.